The molecule has 1 aliphatic heterocycles. The molecule has 2 amide bonds. The van der Waals surface area contributed by atoms with Crippen LogP contribution in [0.1, 0.15) is 52.9 Å². The number of fused-ring (bicyclic) bond motifs is 2. The summed E-state index contributed by atoms with van der Waals surface area (Å²) in [6.45, 7) is 8.33. The highest BCUT2D eigenvalue weighted by molar-refractivity contribution is 5.75. The van der Waals surface area contributed by atoms with E-state index in [0.717, 1.165) is 31.7 Å². The number of nitrogens with one attached hydrogen (secondary N) is 1. The van der Waals surface area contributed by atoms with Crippen molar-refractivity contribution < 1.29 is 9.90 Å². The van der Waals surface area contributed by atoms with Crippen LogP contribution in [0.25, 0.3) is 0 Å². The number of urea groups is 1. The summed E-state index contributed by atoms with van der Waals surface area (Å²) in [6, 6.07) is 0.321. The van der Waals surface area contributed by atoms with Crippen LogP contribution in [0, 0.1) is 16.7 Å². The normalized spacial score (nSPS) is 42.8. The van der Waals surface area contributed by atoms with Gasteiger partial charge in [-0.1, -0.05) is 20.8 Å². The molecule has 1 heterocycles. The predicted molar refractivity (Wildman–Crippen MR) is 78.4 cm³/mol. The van der Waals surface area contributed by atoms with Crippen molar-refractivity contribution in [3.63, 3.8) is 0 Å². The Morgan fingerprint density at radius 1 is 1.30 bits per heavy atom. The molecule has 3 fully saturated rings. The lowest BCUT2D eigenvalue weighted by Crippen LogP contribution is -2.53. The summed E-state index contributed by atoms with van der Waals surface area (Å²) in [5, 5.41) is 13.0. The van der Waals surface area contributed by atoms with Crippen molar-refractivity contribution >= 4 is 6.03 Å². The second-order valence-corrected chi connectivity index (χ2v) is 7.85. The van der Waals surface area contributed by atoms with Gasteiger partial charge in [-0.2, -0.15) is 0 Å². The highest BCUT2D eigenvalue weighted by Crippen LogP contribution is 2.65. The van der Waals surface area contributed by atoms with Gasteiger partial charge >= 0.3 is 6.03 Å². The summed E-state index contributed by atoms with van der Waals surface area (Å²) < 4.78 is 0. The third kappa shape index (κ3) is 1.95. The zero-order chi connectivity index (χ0) is 14.5. The van der Waals surface area contributed by atoms with Gasteiger partial charge in [0.25, 0.3) is 0 Å². The number of nitrogens with zero attached hydrogens (tertiary/aromatic N) is 1. The molecule has 4 atom stereocenters. The number of carbonyl (C=O) groups excluding carboxylic acids is 1. The van der Waals surface area contributed by atoms with Gasteiger partial charge in [0.05, 0.1) is 6.10 Å². The van der Waals surface area contributed by atoms with E-state index in [4.69, 9.17) is 0 Å². The second kappa shape index (κ2) is 4.62. The van der Waals surface area contributed by atoms with E-state index >= 15 is 0 Å². The molecule has 20 heavy (non-hydrogen) atoms. The molecule has 0 radical (unpaired) electrons. The number of hydrogen-bond donors (Lipinski definition) is 2. The summed E-state index contributed by atoms with van der Waals surface area (Å²) in [6.07, 6.45) is 5.02. The Morgan fingerprint density at radius 2 is 2.05 bits per heavy atom. The highest BCUT2D eigenvalue weighted by atomic mass is 16.3. The van der Waals surface area contributed by atoms with E-state index < -0.39 is 0 Å². The molecule has 2 N–H and O–H groups in total. The molecule has 0 aromatic carbocycles. The van der Waals surface area contributed by atoms with E-state index in [9.17, 15) is 9.90 Å². The number of aliphatic hydroxyl groups excluding tert-OH is 1. The van der Waals surface area contributed by atoms with Crippen molar-refractivity contribution in [2.24, 2.45) is 16.7 Å². The number of carbonyl (C=O) groups is 1. The van der Waals surface area contributed by atoms with Crippen LogP contribution in [0.5, 0.6) is 0 Å². The highest BCUT2D eigenvalue weighted by Gasteiger charge is 2.61. The molecule has 2 saturated carbocycles. The Hall–Kier alpha value is -0.770. The molecule has 0 unspecified atom stereocenters. The molecule has 3 rings (SSSR count). The van der Waals surface area contributed by atoms with Gasteiger partial charge in [-0.05, 0) is 48.9 Å². The predicted octanol–water partition coefficient (Wildman–Crippen LogP) is 2.37. The van der Waals surface area contributed by atoms with Gasteiger partial charge in [-0.15, -0.1) is 0 Å². The third-order valence-electron chi connectivity index (χ3n) is 6.78. The van der Waals surface area contributed by atoms with Gasteiger partial charge in [0.15, 0.2) is 0 Å². The fourth-order valence-corrected chi connectivity index (χ4v) is 4.80. The number of piperidine rings is 1. The first-order valence-corrected chi connectivity index (χ1v) is 8.08. The van der Waals surface area contributed by atoms with Crippen molar-refractivity contribution in [3.8, 4) is 0 Å². The second-order valence-electron chi connectivity index (χ2n) is 7.85. The van der Waals surface area contributed by atoms with Crippen molar-refractivity contribution in [2.75, 3.05) is 13.1 Å². The minimum absolute atomic E-state index is 0.0262. The maximum atomic E-state index is 12.4. The van der Waals surface area contributed by atoms with Crippen LogP contribution in [0.2, 0.25) is 0 Å². The van der Waals surface area contributed by atoms with E-state index in [1.54, 1.807) is 4.90 Å². The number of likely N-dealkylation sites (tertiary alicyclic amines) is 1. The smallest absolute Gasteiger partial charge is 0.317 e. The van der Waals surface area contributed by atoms with E-state index in [1.807, 2.05) is 0 Å². The quantitative estimate of drug-likeness (QED) is 0.775. The van der Waals surface area contributed by atoms with Gasteiger partial charge < -0.3 is 15.3 Å². The molecule has 0 aromatic heterocycles. The van der Waals surface area contributed by atoms with Gasteiger partial charge in [-0.3, -0.25) is 0 Å². The van der Waals surface area contributed by atoms with Crippen LogP contribution in [0.15, 0.2) is 0 Å². The number of β-amino-alcohol motifs (C(OH)–C–C–N with tert-alkyl or cyclic N) is 1. The average molecular weight is 280 g/mol. The maximum absolute atomic E-state index is 12.4. The molecule has 1 saturated heterocycles. The Morgan fingerprint density at radius 3 is 2.60 bits per heavy atom. The molecule has 4 heteroatoms. The summed E-state index contributed by atoms with van der Waals surface area (Å²) >= 11 is 0. The topological polar surface area (TPSA) is 52.6 Å². The van der Waals surface area contributed by atoms with E-state index in [1.165, 1.54) is 12.8 Å². The van der Waals surface area contributed by atoms with E-state index in [0.29, 0.717) is 18.0 Å². The minimum atomic E-state index is -0.346. The number of rotatable bonds is 1. The Labute approximate surface area is 121 Å². The summed E-state index contributed by atoms with van der Waals surface area (Å²) in [5.41, 5.74) is 0.550. The Balaban J connectivity index is 1.66. The molecule has 2 bridgehead atoms. The fourth-order valence-electron chi connectivity index (χ4n) is 4.80. The summed E-state index contributed by atoms with van der Waals surface area (Å²) in [5.74, 6) is 0.741. The van der Waals surface area contributed by atoms with Crippen LogP contribution in [0.4, 0.5) is 4.79 Å². The molecule has 0 aromatic rings. The van der Waals surface area contributed by atoms with Gasteiger partial charge in [0, 0.05) is 19.1 Å². The minimum Gasteiger partial charge on any atom is -0.391 e. The van der Waals surface area contributed by atoms with Crippen LogP contribution < -0.4 is 5.32 Å². The zero-order valence-electron chi connectivity index (χ0n) is 13.0. The third-order valence-corrected chi connectivity index (χ3v) is 6.78. The summed E-state index contributed by atoms with van der Waals surface area (Å²) in [7, 11) is 0. The van der Waals surface area contributed by atoms with Gasteiger partial charge in [-0.25, -0.2) is 4.79 Å². The molecule has 2 aliphatic carbocycles. The largest absolute Gasteiger partial charge is 0.391 e. The number of hydrogen-bond acceptors (Lipinski definition) is 2. The standard InChI is InChI=1S/C16H28N2O2/c1-15(2)11-6-7-16(15,3)13(9-11)17-14(20)18-8-4-5-12(19)10-18/h11-13,19H,4-10H2,1-3H3,(H,17,20)/t11-,12+,13-,16-/m0/s1. The first-order valence-electron chi connectivity index (χ1n) is 8.08. The van der Waals surface area contributed by atoms with Crippen LogP contribution in [-0.4, -0.2) is 41.3 Å². The van der Waals surface area contributed by atoms with Crippen LogP contribution in [-0.2, 0) is 0 Å². The van der Waals surface area contributed by atoms with Gasteiger partial charge in [0.2, 0.25) is 0 Å². The molecule has 4 nitrogen and oxygen atoms in total. The molecular weight excluding hydrogens is 252 g/mol. The average Bonchev–Trinajstić information content (AvgIpc) is 2.72. The lowest BCUT2D eigenvalue weighted by molar-refractivity contribution is 0.0768. The Kier molecular flexibility index (Phi) is 3.27. The lowest BCUT2D eigenvalue weighted by Gasteiger charge is -2.40. The van der Waals surface area contributed by atoms with E-state index in [2.05, 4.69) is 26.1 Å². The first-order chi connectivity index (χ1) is 9.34. The van der Waals surface area contributed by atoms with Crippen molar-refractivity contribution in [2.45, 2.75) is 65.0 Å². The molecular formula is C16H28N2O2. The lowest BCUT2D eigenvalue weighted by atomic mass is 9.69. The van der Waals surface area contributed by atoms with Crippen molar-refractivity contribution in [3.05, 3.63) is 0 Å². The molecule has 0 spiro atoms. The molecule has 3 aliphatic rings. The molecule has 114 valence electrons. The first kappa shape index (κ1) is 14.2. The monoisotopic (exact) mass is 280 g/mol. The van der Waals surface area contributed by atoms with Crippen molar-refractivity contribution in [1.82, 2.24) is 10.2 Å². The maximum Gasteiger partial charge on any atom is 0.317 e. The number of amides is 2. The van der Waals surface area contributed by atoms with E-state index in [-0.39, 0.29) is 17.6 Å². The number of aliphatic hydroxyl groups is 1. The fraction of sp³-hybridized carbons (Fsp3) is 0.938. The van der Waals surface area contributed by atoms with Crippen LogP contribution in [0.3, 0.4) is 0 Å². The van der Waals surface area contributed by atoms with Gasteiger partial charge in [0.1, 0.15) is 0 Å². The summed E-state index contributed by atoms with van der Waals surface area (Å²) in [4.78, 5) is 14.2. The van der Waals surface area contributed by atoms with Crippen molar-refractivity contribution in [1.29, 1.82) is 0 Å². The zero-order valence-corrected chi connectivity index (χ0v) is 13.0. The SMILES string of the molecule is CC1(C)[C@H]2CC[C@@]1(C)[C@@H](NC(=O)N1CCC[C@@H](O)C1)C2. The van der Waals surface area contributed by atoms with Crippen LogP contribution >= 0.6 is 0 Å². The Bertz CT molecular complexity index is 409.